The number of carbonyl (C=O) groups excluding carboxylic acids is 1. The van der Waals surface area contributed by atoms with E-state index in [0.29, 0.717) is 19.0 Å². The van der Waals surface area contributed by atoms with Gasteiger partial charge in [0.25, 0.3) is 0 Å². The summed E-state index contributed by atoms with van der Waals surface area (Å²) in [6, 6.07) is 11.8. The van der Waals surface area contributed by atoms with Gasteiger partial charge in [-0.25, -0.2) is 4.98 Å². The second-order valence-electron chi connectivity index (χ2n) is 6.54. The molecule has 28 heavy (non-hydrogen) atoms. The monoisotopic (exact) mass is 388 g/mol. The summed E-state index contributed by atoms with van der Waals surface area (Å²) in [7, 11) is 0. The van der Waals surface area contributed by atoms with Gasteiger partial charge in [-0.1, -0.05) is 18.2 Å². The van der Waals surface area contributed by atoms with Gasteiger partial charge in [-0.05, 0) is 36.8 Å². The molecule has 3 rings (SSSR count). The van der Waals surface area contributed by atoms with E-state index < -0.39 is 6.61 Å². The first kappa shape index (κ1) is 19.8. The molecule has 0 unspecified atom stereocenters. The van der Waals surface area contributed by atoms with Crippen molar-refractivity contribution in [2.24, 2.45) is 0 Å². The minimum atomic E-state index is -2.85. The first-order chi connectivity index (χ1) is 13.5. The molecule has 7 heteroatoms. The Morgan fingerprint density at radius 2 is 1.89 bits per heavy atom. The van der Waals surface area contributed by atoms with Crippen molar-refractivity contribution in [2.75, 3.05) is 13.1 Å². The van der Waals surface area contributed by atoms with E-state index in [2.05, 4.69) is 9.72 Å². The number of aromatic nitrogens is 1. The molecular formula is C21H22F2N2O3. The summed E-state index contributed by atoms with van der Waals surface area (Å²) in [4.78, 5) is 18.5. The molecule has 0 radical (unpaired) electrons. The Morgan fingerprint density at radius 3 is 2.54 bits per heavy atom. The highest BCUT2D eigenvalue weighted by Crippen LogP contribution is 2.19. The molecule has 1 fully saturated rings. The molecule has 1 aliphatic rings. The van der Waals surface area contributed by atoms with Gasteiger partial charge in [0.05, 0.1) is 0 Å². The number of hydrogen-bond acceptors (Lipinski definition) is 4. The van der Waals surface area contributed by atoms with Gasteiger partial charge in [0, 0.05) is 43.8 Å². The lowest BCUT2D eigenvalue weighted by atomic mass is 10.1. The van der Waals surface area contributed by atoms with E-state index in [1.165, 1.54) is 18.2 Å². The number of carbonyl (C=O) groups is 1. The molecule has 148 valence electrons. The number of alkyl halides is 2. The SMILES string of the molecule is Cc1cccc(OC2CCN(C(=O)C=Cc3ccc(OC(F)F)cc3)CC2)n1. The van der Waals surface area contributed by atoms with Crippen LogP contribution in [0.3, 0.4) is 0 Å². The molecule has 2 aromatic rings. The lowest BCUT2D eigenvalue weighted by Crippen LogP contribution is -2.41. The zero-order valence-electron chi connectivity index (χ0n) is 15.6. The molecule has 1 aromatic heterocycles. The number of amides is 1. The summed E-state index contributed by atoms with van der Waals surface area (Å²) in [6.07, 6.45) is 4.69. The van der Waals surface area contributed by atoms with Gasteiger partial charge in [0.15, 0.2) is 0 Å². The largest absolute Gasteiger partial charge is 0.474 e. The van der Waals surface area contributed by atoms with Crippen LogP contribution >= 0.6 is 0 Å². The summed E-state index contributed by atoms with van der Waals surface area (Å²) >= 11 is 0. The lowest BCUT2D eigenvalue weighted by Gasteiger charge is -2.31. The number of benzene rings is 1. The van der Waals surface area contributed by atoms with Crippen LogP contribution in [0.2, 0.25) is 0 Å². The Bertz CT molecular complexity index is 817. The van der Waals surface area contributed by atoms with Gasteiger partial charge in [0.2, 0.25) is 11.8 Å². The Kier molecular flexibility index (Phi) is 6.57. The van der Waals surface area contributed by atoms with Crippen LogP contribution in [0.1, 0.15) is 24.1 Å². The van der Waals surface area contributed by atoms with E-state index in [1.54, 1.807) is 23.1 Å². The second-order valence-corrected chi connectivity index (χ2v) is 6.54. The molecule has 5 nitrogen and oxygen atoms in total. The minimum Gasteiger partial charge on any atom is -0.474 e. The molecule has 0 N–H and O–H groups in total. The summed E-state index contributed by atoms with van der Waals surface area (Å²) < 4.78 is 34.5. The highest BCUT2D eigenvalue weighted by atomic mass is 19.3. The van der Waals surface area contributed by atoms with Crippen molar-refractivity contribution in [3.63, 3.8) is 0 Å². The third-order valence-electron chi connectivity index (χ3n) is 4.43. The molecular weight excluding hydrogens is 366 g/mol. The third kappa shape index (κ3) is 5.77. The molecule has 0 spiro atoms. The maximum atomic E-state index is 12.4. The van der Waals surface area contributed by atoms with Crippen LogP contribution in [0, 0.1) is 6.92 Å². The zero-order valence-corrected chi connectivity index (χ0v) is 15.6. The normalized spacial score (nSPS) is 15.2. The maximum absolute atomic E-state index is 12.4. The van der Waals surface area contributed by atoms with Gasteiger partial charge in [-0.2, -0.15) is 8.78 Å². The van der Waals surface area contributed by atoms with Crippen LogP contribution in [-0.2, 0) is 4.79 Å². The quantitative estimate of drug-likeness (QED) is 0.700. The number of halogens is 2. The van der Waals surface area contributed by atoms with E-state index >= 15 is 0 Å². The van der Waals surface area contributed by atoms with Crippen molar-refractivity contribution in [3.8, 4) is 11.6 Å². The smallest absolute Gasteiger partial charge is 0.387 e. The fourth-order valence-corrected chi connectivity index (χ4v) is 2.98. The maximum Gasteiger partial charge on any atom is 0.387 e. The van der Waals surface area contributed by atoms with Crippen molar-refractivity contribution >= 4 is 12.0 Å². The first-order valence-electron chi connectivity index (χ1n) is 9.12. The van der Waals surface area contributed by atoms with Gasteiger partial charge >= 0.3 is 6.61 Å². The molecule has 1 saturated heterocycles. The van der Waals surface area contributed by atoms with E-state index in [9.17, 15) is 13.6 Å². The first-order valence-corrected chi connectivity index (χ1v) is 9.12. The topological polar surface area (TPSA) is 51.7 Å². The predicted octanol–water partition coefficient (Wildman–Crippen LogP) is 4.07. The van der Waals surface area contributed by atoms with Crippen molar-refractivity contribution in [1.82, 2.24) is 9.88 Å². The Balaban J connectivity index is 1.47. The van der Waals surface area contributed by atoms with E-state index in [4.69, 9.17) is 4.74 Å². The van der Waals surface area contributed by atoms with E-state index in [-0.39, 0.29) is 17.8 Å². The Morgan fingerprint density at radius 1 is 1.18 bits per heavy atom. The number of aryl methyl sites for hydroxylation is 1. The molecule has 1 aromatic carbocycles. The molecule has 2 heterocycles. The number of piperidine rings is 1. The van der Waals surface area contributed by atoms with E-state index in [1.807, 2.05) is 25.1 Å². The summed E-state index contributed by atoms with van der Waals surface area (Å²) in [5.41, 5.74) is 1.64. The summed E-state index contributed by atoms with van der Waals surface area (Å²) in [5, 5.41) is 0. The Hall–Kier alpha value is -2.96. The lowest BCUT2D eigenvalue weighted by molar-refractivity contribution is -0.127. The summed E-state index contributed by atoms with van der Waals surface area (Å²) in [6.45, 7) is 0.290. The van der Waals surface area contributed by atoms with Crippen LogP contribution in [0.4, 0.5) is 8.78 Å². The number of ether oxygens (including phenoxy) is 2. The highest BCUT2D eigenvalue weighted by molar-refractivity contribution is 5.91. The van der Waals surface area contributed by atoms with Crippen LogP contribution in [0.5, 0.6) is 11.6 Å². The second kappa shape index (κ2) is 9.30. The van der Waals surface area contributed by atoms with Crippen LogP contribution in [0.25, 0.3) is 6.08 Å². The van der Waals surface area contributed by atoms with Crippen molar-refractivity contribution < 1.29 is 23.0 Å². The average Bonchev–Trinajstić information content (AvgIpc) is 2.67. The van der Waals surface area contributed by atoms with Crippen LogP contribution < -0.4 is 9.47 Å². The molecule has 0 aliphatic carbocycles. The molecule has 1 amide bonds. The van der Waals surface area contributed by atoms with Crippen LogP contribution in [-0.4, -0.2) is 41.6 Å². The molecule has 1 aliphatic heterocycles. The minimum absolute atomic E-state index is 0.0460. The number of rotatable bonds is 6. The number of pyridine rings is 1. The fraction of sp³-hybridized carbons (Fsp3) is 0.333. The van der Waals surface area contributed by atoms with Crippen molar-refractivity contribution in [3.05, 3.63) is 59.8 Å². The van der Waals surface area contributed by atoms with Gasteiger partial charge in [-0.15, -0.1) is 0 Å². The zero-order chi connectivity index (χ0) is 19.9. The van der Waals surface area contributed by atoms with Gasteiger partial charge in [-0.3, -0.25) is 4.79 Å². The third-order valence-corrected chi connectivity index (χ3v) is 4.43. The van der Waals surface area contributed by atoms with Crippen LogP contribution in [0.15, 0.2) is 48.5 Å². The fourth-order valence-electron chi connectivity index (χ4n) is 2.98. The van der Waals surface area contributed by atoms with Crippen molar-refractivity contribution in [1.29, 1.82) is 0 Å². The van der Waals surface area contributed by atoms with Gasteiger partial charge in [0.1, 0.15) is 11.9 Å². The van der Waals surface area contributed by atoms with E-state index in [0.717, 1.165) is 24.1 Å². The highest BCUT2D eigenvalue weighted by Gasteiger charge is 2.23. The molecule has 0 atom stereocenters. The summed E-state index contributed by atoms with van der Waals surface area (Å²) in [5.74, 6) is 0.618. The molecule has 0 bridgehead atoms. The number of likely N-dealkylation sites (tertiary alicyclic amines) is 1. The Labute approximate surface area is 162 Å². The van der Waals surface area contributed by atoms with Crippen molar-refractivity contribution in [2.45, 2.75) is 32.5 Å². The average molecular weight is 388 g/mol. The van der Waals surface area contributed by atoms with Gasteiger partial charge < -0.3 is 14.4 Å². The number of hydrogen-bond donors (Lipinski definition) is 0. The predicted molar refractivity (Wildman–Crippen MR) is 101 cm³/mol. The molecule has 0 saturated carbocycles. The standard InChI is InChI=1S/C21H22F2N2O3/c1-15-3-2-4-19(24-15)27-18-11-13-25(14-12-18)20(26)10-7-16-5-8-17(9-6-16)28-21(22)23/h2-10,18,21H,11-14H2,1H3. The number of nitrogens with zero attached hydrogens (tertiary/aromatic N) is 2.